The second-order valence-electron chi connectivity index (χ2n) is 3.40. The van der Waals surface area contributed by atoms with E-state index in [1.807, 2.05) is 37.3 Å². The van der Waals surface area contributed by atoms with Gasteiger partial charge in [0, 0.05) is 17.0 Å². The highest BCUT2D eigenvalue weighted by Crippen LogP contribution is 2.10. The van der Waals surface area contributed by atoms with Crippen molar-refractivity contribution in [3.8, 4) is 0 Å². The zero-order valence-electron chi connectivity index (χ0n) is 8.56. The van der Waals surface area contributed by atoms with Gasteiger partial charge in [-0.3, -0.25) is 0 Å². The molecule has 1 aromatic carbocycles. The van der Waals surface area contributed by atoms with Gasteiger partial charge >= 0.3 is 6.09 Å². The van der Waals surface area contributed by atoms with Crippen LogP contribution in [0.3, 0.4) is 0 Å². The van der Waals surface area contributed by atoms with E-state index in [2.05, 4.69) is 22.6 Å². The molecule has 4 heteroatoms. The van der Waals surface area contributed by atoms with E-state index in [1.54, 1.807) is 0 Å². The van der Waals surface area contributed by atoms with Crippen LogP contribution in [-0.4, -0.2) is 26.6 Å². The van der Waals surface area contributed by atoms with Crippen LogP contribution >= 0.6 is 22.6 Å². The first-order chi connectivity index (χ1) is 7.15. The number of amides is 1. The number of carbonyl (C=O) groups is 1. The summed E-state index contributed by atoms with van der Waals surface area (Å²) in [6, 6.07) is 9.69. The van der Waals surface area contributed by atoms with Crippen LogP contribution in [0.15, 0.2) is 30.3 Å². The average Bonchev–Trinajstić information content (AvgIpc) is 2.26. The van der Waals surface area contributed by atoms with E-state index in [4.69, 9.17) is 5.11 Å². The lowest BCUT2D eigenvalue weighted by Crippen LogP contribution is -2.37. The summed E-state index contributed by atoms with van der Waals surface area (Å²) in [6.07, 6.45) is -0.858. The molecule has 1 atom stereocenters. The second kappa shape index (κ2) is 5.95. The van der Waals surface area contributed by atoms with E-state index >= 15 is 0 Å². The zero-order valence-corrected chi connectivity index (χ0v) is 10.7. The third kappa shape index (κ3) is 3.70. The smallest absolute Gasteiger partial charge is 0.407 e. The fourth-order valence-corrected chi connectivity index (χ4v) is 1.75. The van der Waals surface area contributed by atoms with Gasteiger partial charge in [0.15, 0.2) is 0 Å². The molecule has 0 saturated carbocycles. The van der Waals surface area contributed by atoms with E-state index in [9.17, 15) is 4.79 Å². The van der Waals surface area contributed by atoms with Crippen LogP contribution in [0.1, 0.15) is 12.5 Å². The maximum absolute atomic E-state index is 11.0. The molecule has 1 N–H and O–H groups in total. The highest BCUT2D eigenvalue weighted by molar-refractivity contribution is 14.1. The fraction of sp³-hybridized carbons (Fsp3) is 0.364. The number of hydrogen-bond acceptors (Lipinski definition) is 1. The van der Waals surface area contributed by atoms with E-state index in [0.29, 0.717) is 6.54 Å². The molecule has 1 unspecified atom stereocenters. The molecule has 15 heavy (non-hydrogen) atoms. The Balaban J connectivity index is 2.71. The molecular formula is C11H14INO2. The summed E-state index contributed by atoms with van der Waals surface area (Å²) in [4.78, 5) is 12.5. The monoisotopic (exact) mass is 319 g/mol. The van der Waals surface area contributed by atoms with E-state index in [1.165, 1.54) is 4.90 Å². The lowest BCUT2D eigenvalue weighted by molar-refractivity contribution is 0.130. The predicted molar refractivity (Wildman–Crippen MR) is 68.4 cm³/mol. The summed E-state index contributed by atoms with van der Waals surface area (Å²) in [5.74, 6) is 0. The first kappa shape index (κ1) is 12.3. The molecule has 0 fully saturated rings. The van der Waals surface area contributed by atoms with Gasteiger partial charge in [-0.25, -0.2) is 4.79 Å². The topological polar surface area (TPSA) is 40.5 Å². The minimum absolute atomic E-state index is 0.0447. The normalized spacial score (nSPS) is 12.1. The van der Waals surface area contributed by atoms with Crippen LogP contribution in [0.25, 0.3) is 0 Å². The third-order valence-electron chi connectivity index (χ3n) is 2.20. The van der Waals surface area contributed by atoms with Crippen molar-refractivity contribution >= 4 is 28.7 Å². The number of benzene rings is 1. The van der Waals surface area contributed by atoms with Crippen LogP contribution in [0.5, 0.6) is 0 Å². The molecule has 1 amide bonds. The minimum atomic E-state index is -0.858. The molecule has 0 saturated heterocycles. The summed E-state index contributed by atoms with van der Waals surface area (Å²) < 4.78 is 0.802. The molecule has 3 nitrogen and oxygen atoms in total. The number of rotatable bonds is 4. The van der Waals surface area contributed by atoms with Crippen molar-refractivity contribution in [2.45, 2.75) is 19.5 Å². The molecule has 0 spiro atoms. The van der Waals surface area contributed by atoms with E-state index in [0.717, 1.165) is 9.99 Å². The van der Waals surface area contributed by atoms with Crippen molar-refractivity contribution in [2.24, 2.45) is 0 Å². The van der Waals surface area contributed by atoms with Gasteiger partial charge in [-0.1, -0.05) is 52.9 Å². The van der Waals surface area contributed by atoms with E-state index in [-0.39, 0.29) is 6.04 Å². The van der Waals surface area contributed by atoms with Crippen molar-refractivity contribution in [3.63, 3.8) is 0 Å². The van der Waals surface area contributed by atoms with Gasteiger partial charge in [0.1, 0.15) is 0 Å². The molecule has 0 aliphatic rings. The molecule has 1 rings (SSSR count). The van der Waals surface area contributed by atoms with Crippen molar-refractivity contribution in [1.82, 2.24) is 4.90 Å². The van der Waals surface area contributed by atoms with Crippen LogP contribution in [0.4, 0.5) is 4.79 Å². The van der Waals surface area contributed by atoms with Crippen LogP contribution in [0, 0.1) is 0 Å². The van der Waals surface area contributed by atoms with Crippen molar-refractivity contribution in [1.29, 1.82) is 0 Å². The van der Waals surface area contributed by atoms with E-state index < -0.39 is 6.09 Å². The number of nitrogens with zero attached hydrogens (tertiary/aromatic N) is 1. The first-order valence-corrected chi connectivity index (χ1v) is 6.27. The van der Waals surface area contributed by atoms with Gasteiger partial charge in [-0.15, -0.1) is 0 Å². The third-order valence-corrected chi connectivity index (χ3v) is 3.47. The zero-order chi connectivity index (χ0) is 11.3. The number of hydrogen-bond donors (Lipinski definition) is 1. The molecule has 0 bridgehead atoms. The Morgan fingerprint density at radius 2 is 2.07 bits per heavy atom. The lowest BCUT2D eigenvalue weighted by atomic mass is 10.2. The first-order valence-electron chi connectivity index (χ1n) is 4.74. The summed E-state index contributed by atoms with van der Waals surface area (Å²) in [6.45, 7) is 2.38. The molecule has 1 aromatic rings. The Morgan fingerprint density at radius 3 is 2.53 bits per heavy atom. The summed E-state index contributed by atoms with van der Waals surface area (Å²) in [5, 5.41) is 9.06. The quantitative estimate of drug-likeness (QED) is 0.685. The number of carboxylic acid groups (broad SMARTS) is 1. The maximum atomic E-state index is 11.0. The minimum Gasteiger partial charge on any atom is -0.465 e. The second-order valence-corrected chi connectivity index (χ2v) is 4.28. The molecule has 82 valence electrons. The molecule has 0 radical (unpaired) electrons. The van der Waals surface area contributed by atoms with Crippen LogP contribution in [0.2, 0.25) is 0 Å². The fourth-order valence-electron chi connectivity index (χ4n) is 1.28. The van der Waals surface area contributed by atoms with Crippen molar-refractivity contribution < 1.29 is 9.90 Å². The SMILES string of the molecule is CC(CI)N(Cc1ccccc1)C(=O)O. The van der Waals surface area contributed by atoms with Gasteiger partial charge in [0.2, 0.25) is 0 Å². The lowest BCUT2D eigenvalue weighted by Gasteiger charge is -2.24. The number of halogens is 1. The standard InChI is InChI=1S/C11H14INO2/c1-9(7-12)13(11(14)15)8-10-5-3-2-4-6-10/h2-6,9H,7-8H2,1H3,(H,14,15). The highest BCUT2D eigenvalue weighted by atomic mass is 127. The van der Waals surface area contributed by atoms with Gasteiger partial charge in [-0.05, 0) is 12.5 Å². The Morgan fingerprint density at radius 1 is 1.47 bits per heavy atom. The van der Waals surface area contributed by atoms with Crippen molar-refractivity contribution in [3.05, 3.63) is 35.9 Å². The Hall–Kier alpha value is -0.780. The van der Waals surface area contributed by atoms with Gasteiger partial charge in [-0.2, -0.15) is 0 Å². The van der Waals surface area contributed by atoms with Crippen LogP contribution in [-0.2, 0) is 6.54 Å². The molecular weight excluding hydrogens is 305 g/mol. The van der Waals surface area contributed by atoms with Crippen LogP contribution < -0.4 is 0 Å². The Labute approximate surface area is 103 Å². The largest absolute Gasteiger partial charge is 0.465 e. The Bertz CT molecular complexity index is 316. The Kier molecular flexibility index (Phi) is 4.87. The molecule has 0 aliphatic carbocycles. The predicted octanol–water partition coefficient (Wildman–Crippen LogP) is 2.99. The molecule has 0 heterocycles. The summed E-state index contributed by atoms with van der Waals surface area (Å²) in [5.41, 5.74) is 1.02. The molecule has 0 aliphatic heterocycles. The number of alkyl halides is 1. The molecule has 0 aromatic heterocycles. The maximum Gasteiger partial charge on any atom is 0.407 e. The highest BCUT2D eigenvalue weighted by Gasteiger charge is 2.18. The summed E-state index contributed by atoms with van der Waals surface area (Å²) in [7, 11) is 0. The van der Waals surface area contributed by atoms with Gasteiger partial charge < -0.3 is 10.0 Å². The van der Waals surface area contributed by atoms with Crippen molar-refractivity contribution in [2.75, 3.05) is 4.43 Å². The van der Waals surface area contributed by atoms with Gasteiger partial charge in [0.05, 0.1) is 0 Å². The average molecular weight is 319 g/mol. The van der Waals surface area contributed by atoms with Gasteiger partial charge in [0.25, 0.3) is 0 Å². The summed E-state index contributed by atoms with van der Waals surface area (Å²) >= 11 is 2.20.